The van der Waals surface area contributed by atoms with Crippen LogP contribution in [0.1, 0.15) is 64.5 Å². The first-order valence-electron chi connectivity index (χ1n) is 17.5. The molecule has 4 saturated heterocycles. The molecule has 0 aliphatic carbocycles. The summed E-state index contributed by atoms with van der Waals surface area (Å²) in [7, 11) is 0. The zero-order chi connectivity index (χ0) is 33.1. The molecule has 0 unspecified atom stereocenters. The Balaban J connectivity index is 1.26. The minimum Gasteiger partial charge on any atom is -0.489 e. The fourth-order valence-corrected chi connectivity index (χ4v) is 6.26. The second-order valence-electron chi connectivity index (χ2n) is 14.7. The maximum Gasteiger partial charge on any atom is 0.167 e. The Kier molecular flexibility index (Phi) is 10.2. The van der Waals surface area contributed by atoms with Crippen molar-refractivity contribution in [1.82, 2.24) is 0 Å². The maximum atomic E-state index is 6.67. The van der Waals surface area contributed by atoms with Crippen LogP contribution in [0.2, 0.25) is 0 Å². The quantitative estimate of drug-likeness (QED) is 0.164. The largest absolute Gasteiger partial charge is 0.489 e. The van der Waals surface area contributed by atoms with Crippen molar-refractivity contribution in [3.8, 4) is 34.5 Å². The Morgan fingerprint density at radius 2 is 0.723 bits per heavy atom. The monoisotopic (exact) mass is 654 g/mol. The molecular weight excluding hydrogens is 600 g/mol. The second kappa shape index (κ2) is 14.0. The molecule has 9 heteroatoms. The molecule has 0 atom stereocenters. The molecular formula is C38H54O9. The molecule has 47 heavy (non-hydrogen) atoms. The summed E-state index contributed by atoms with van der Waals surface area (Å²) in [4.78, 5) is 0. The molecule has 4 aliphatic heterocycles. The van der Waals surface area contributed by atoms with Gasteiger partial charge in [-0.1, -0.05) is 27.7 Å². The zero-order valence-corrected chi connectivity index (χ0v) is 29.3. The lowest BCUT2D eigenvalue weighted by molar-refractivity contribution is -0.136. The van der Waals surface area contributed by atoms with Gasteiger partial charge >= 0.3 is 0 Å². The first-order chi connectivity index (χ1) is 22.7. The normalized spacial score (nSPS) is 21.3. The highest BCUT2D eigenvalue weighted by Crippen LogP contribution is 2.46. The summed E-state index contributed by atoms with van der Waals surface area (Å²) in [5, 5.41) is 0. The Hall–Kier alpha value is -2.72. The fourth-order valence-electron chi connectivity index (χ4n) is 6.26. The first-order valence-corrected chi connectivity index (χ1v) is 17.5. The van der Waals surface area contributed by atoms with Gasteiger partial charge in [0, 0.05) is 11.1 Å². The Morgan fingerprint density at radius 3 is 0.979 bits per heavy atom. The molecule has 260 valence electrons. The number of hydrogen-bond donors (Lipinski definition) is 0. The molecule has 0 N–H and O–H groups in total. The van der Waals surface area contributed by atoms with Crippen LogP contribution in [0.5, 0.6) is 34.5 Å². The van der Waals surface area contributed by atoms with E-state index in [-0.39, 0.29) is 21.7 Å². The van der Waals surface area contributed by atoms with E-state index in [0.29, 0.717) is 75.9 Å². The van der Waals surface area contributed by atoms with Crippen molar-refractivity contribution >= 4 is 0 Å². The van der Waals surface area contributed by atoms with Crippen LogP contribution in [0, 0.1) is 35.5 Å². The van der Waals surface area contributed by atoms with Gasteiger partial charge in [-0.3, -0.25) is 0 Å². The van der Waals surface area contributed by atoms with Crippen molar-refractivity contribution in [2.45, 2.75) is 67.2 Å². The van der Waals surface area contributed by atoms with Crippen LogP contribution in [0.15, 0.2) is 24.3 Å². The number of benzene rings is 2. The summed E-state index contributed by atoms with van der Waals surface area (Å²) >= 11 is 0. The van der Waals surface area contributed by atoms with Gasteiger partial charge in [-0.05, 0) is 63.8 Å². The van der Waals surface area contributed by atoms with E-state index >= 15 is 0 Å². The van der Waals surface area contributed by atoms with E-state index in [4.69, 9.17) is 42.6 Å². The molecule has 0 saturated carbocycles. The number of rotatable bonds is 18. The predicted molar refractivity (Wildman–Crippen MR) is 179 cm³/mol. The van der Waals surface area contributed by atoms with Crippen LogP contribution >= 0.6 is 0 Å². The lowest BCUT2D eigenvalue weighted by Gasteiger charge is -2.41. The van der Waals surface area contributed by atoms with Gasteiger partial charge < -0.3 is 42.6 Å². The van der Waals surface area contributed by atoms with Crippen LogP contribution in [0.25, 0.3) is 0 Å². The molecule has 0 bridgehead atoms. The zero-order valence-electron chi connectivity index (χ0n) is 29.3. The standard InChI is InChI=1S/C38H54O9/c1-7-35(15-39-16-35)23-43-31-13-11-29(27(5)33(31)45-25-37(9-3)19-41-20-37)47-30-12-14-32(44-24-36(8-2)17-40-18-36)34(28(30)6)46-26-38(10-4)21-42-22-38/h11-14H,7-10,15-26H2,1-6H3. The minimum atomic E-state index is 0.0228. The van der Waals surface area contributed by atoms with Crippen molar-refractivity contribution < 1.29 is 42.6 Å². The van der Waals surface area contributed by atoms with Gasteiger partial charge in [0.15, 0.2) is 23.0 Å². The lowest BCUT2D eigenvalue weighted by Crippen LogP contribution is -2.47. The third-order valence-corrected chi connectivity index (χ3v) is 11.2. The van der Waals surface area contributed by atoms with Crippen LogP contribution in [0.3, 0.4) is 0 Å². The number of hydrogen-bond acceptors (Lipinski definition) is 9. The third-order valence-electron chi connectivity index (χ3n) is 11.2. The van der Waals surface area contributed by atoms with Crippen molar-refractivity contribution in [2.24, 2.45) is 21.7 Å². The molecule has 4 aliphatic rings. The molecule has 2 aromatic rings. The van der Waals surface area contributed by atoms with Crippen LogP contribution in [0.4, 0.5) is 0 Å². The summed E-state index contributed by atoms with van der Waals surface area (Å²) in [6, 6.07) is 7.87. The van der Waals surface area contributed by atoms with Crippen molar-refractivity contribution in [3.63, 3.8) is 0 Å². The molecule has 4 fully saturated rings. The van der Waals surface area contributed by atoms with Crippen LogP contribution in [-0.4, -0.2) is 79.3 Å². The van der Waals surface area contributed by atoms with E-state index in [1.807, 2.05) is 38.1 Å². The molecule has 6 rings (SSSR count). The maximum absolute atomic E-state index is 6.67. The predicted octanol–water partition coefficient (Wildman–Crippen LogP) is 7.32. The van der Waals surface area contributed by atoms with Gasteiger partial charge in [0.2, 0.25) is 0 Å². The van der Waals surface area contributed by atoms with Gasteiger partial charge in [0.1, 0.15) is 11.5 Å². The molecule has 9 nitrogen and oxygen atoms in total. The van der Waals surface area contributed by atoms with Crippen molar-refractivity contribution in [3.05, 3.63) is 35.4 Å². The SMILES string of the molecule is CCC1(COc2ccc(Oc3ccc(OCC4(CC)COC4)c(OCC4(CC)COC4)c3C)c(C)c2OCC2(CC)COC2)COC1. The average molecular weight is 655 g/mol. The summed E-state index contributed by atoms with van der Waals surface area (Å²) in [5.74, 6) is 4.29. The highest BCUT2D eigenvalue weighted by Gasteiger charge is 2.41. The summed E-state index contributed by atoms with van der Waals surface area (Å²) in [6.45, 7) is 20.8. The van der Waals surface area contributed by atoms with Crippen LogP contribution in [-0.2, 0) is 18.9 Å². The summed E-state index contributed by atoms with van der Waals surface area (Å²) in [5.41, 5.74) is 1.92. The van der Waals surface area contributed by atoms with E-state index in [1.54, 1.807) is 0 Å². The summed E-state index contributed by atoms with van der Waals surface area (Å²) in [6.07, 6.45) is 3.98. The van der Waals surface area contributed by atoms with Gasteiger partial charge in [-0.25, -0.2) is 0 Å². The lowest BCUT2D eigenvalue weighted by atomic mass is 9.84. The average Bonchev–Trinajstić information content (AvgIpc) is 3.00. The second-order valence-corrected chi connectivity index (χ2v) is 14.7. The first kappa shape index (κ1) is 34.2. The highest BCUT2D eigenvalue weighted by molar-refractivity contribution is 5.58. The number of ether oxygens (including phenoxy) is 9. The smallest absolute Gasteiger partial charge is 0.167 e. The van der Waals surface area contributed by atoms with E-state index in [2.05, 4.69) is 27.7 Å². The Morgan fingerprint density at radius 1 is 0.447 bits per heavy atom. The van der Waals surface area contributed by atoms with Crippen molar-refractivity contribution in [1.29, 1.82) is 0 Å². The molecule has 4 heterocycles. The Labute approximate surface area is 280 Å². The van der Waals surface area contributed by atoms with E-state index in [1.165, 1.54) is 0 Å². The van der Waals surface area contributed by atoms with E-state index in [0.717, 1.165) is 74.7 Å². The van der Waals surface area contributed by atoms with Gasteiger partial charge in [0.25, 0.3) is 0 Å². The molecule has 0 spiro atoms. The van der Waals surface area contributed by atoms with Gasteiger partial charge in [-0.2, -0.15) is 0 Å². The highest BCUT2D eigenvalue weighted by atomic mass is 16.6. The van der Waals surface area contributed by atoms with Crippen molar-refractivity contribution in [2.75, 3.05) is 79.3 Å². The molecule has 2 aromatic carbocycles. The van der Waals surface area contributed by atoms with E-state index < -0.39 is 0 Å². The molecule has 0 amide bonds. The third kappa shape index (κ3) is 6.91. The van der Waals surface area contributed by atoms with Gasteiger partial charge in [-0.15, -0.1) is 0 Å². The minimum absolute atomic E-state index is 0.0228. The molecule has 0 aromatic heterocycles. The van der Waals surface area contributed by atoms with E-state index in [9.17, 15) is 0 Å². The fraction of sp³-hybridized carbons (Fsp3) is 0.684. The summed E-state index contributed by atoms with van der Waals surface area (Å²) < 4.78 is 54.9. The molecule has 0 radical (unpaired) electrons. The van der Waals surface area contributed by atoms with Gasteiger partial charge in [0.05, 0.1) is 101 Å². The van der Waals surface area contributed by atoms with Crippen LogP contribution < -0.4 is 23.7 Å². The Bertz CT molecular complexity index is 1250. The topological polar surface area (TPSA) is 83.1 Å².